The summed E-state index contributed by atoms with van der Waals surface area (Å²) >= 11 is 11.9. The van der Waals surface area contributed by atoms with Crippen LogP contribution in [0.15, 0.2) is 66.7 Å². The zero-order valence-corrected chi connectivity index (χ0v) is 20.6. The van der Waals surface area contributed by atoms with E-state index in [1.54, 1.807) is 49.6 Å². The molecule has 0 saturated heterocycles. The maximum absolute atomic E-state index is 13.2. The molecule has 1 heterocycles. The van der Waals surface area contributed by atoms with Crippen molar-refractivity contribution in [3.8, 4) is 5.75 Å². The number of amides is 1. The molecule has 3 aromatic rings. The second-order valence-corrected chi connectivity index (χ2v) is 9.61. The second kappa shape index (κ2) is 9.53. The Kier molecular flexibility index (Phi) is 6.69. The van der Waals surface area contributed by atoms with Crippen LogP contribution < -0.4 is 15.4 Å². The normalized spacial score (nSPS) is 15.3. The number of allylic oxidation sites excluding steroid dienone is 1. The Bertz CT molecular complexity index is 1310. The van der Waals surface area contributed by atoms with E-state index in [1.165, 1.54) is 6.07 Å². The summed E-state index contributed by atoms with van der Waals surface area (Å²) in [5, 5.41) is 6.94. The number of ether oxygens (including phenoxy) is 1. The number of anilines is 1. The molecule has 5 nitrogen and oxygen atoms in total. The van der Waals surface area contributed by atoms with Gasteiger partial charge >= 0.3 is 0 Å². The van der Waals surface area contributed by atoms with Gasteiger partial charge in [-0.3, -0.25) is 9.59 Å². The van der Waals surface area contributed by atoms with E-state index in [0.717, 1.165) is 29.0 Å². The van der Waals surface area contributed by atoms with Crippen LogP contribution in [0.3, 0.4) is 0 Å². The standard InChI is InChI=1S/C27H24Cl2N2O3/c1-27(2)15-18-7-9-20(34-3)13-21(18)24(31-27)14-25(32)16-5-4-6-19(11-16)30-26(33)17-8-10-22(28)23(29)12-17/h4-14,31H,15H2,1-3H3,(H,30,33)/b24-14-. The van der Waals surface area contributed by atoms with Crippen LogP contribution in [-0.4, -0.2) is 24.3 Å². The minimum atomic E-state index is -0.349. The SMILES string of the molecule is COc1ccc2c(c1)/C(=C/C(=O)c1cccc(NC(=O)c3ccc(Cl)c(Cl)c3)c1)NC(C)(C)C2. The van der Waals surface area contributed by atoms with Crippen LogP contribution in [0.2, 0.25) is 10.0 Å². The van der Waals surface area contributed by atoms with Gasteiger partial charge in [0.2, 0.25) is 0 Å². The maximum atomic E-state index is 13.2. The lowest BCUT2D eigenvalue weighted by Gasteiger charge is -2.35. The molecule has 1 amide bonds. The van der Waals surface area contributed by atoms with Crippen molar-refractivity contribution in [2.75, 3.05) is 12.4 Å². The van der Waals surface area contributed by atoms with E-state index in [1.807, 2.05) is 18.2 Å². The first-order valence-electron chi connectivity index (χ1n) is 10.7. The molecular weight excluding hydrogens is 471 g/mol. The van der Waals surface area contributed by atoms with Gasteiger partial charge in [-0.05, 0) is 68.3 Å². The molecule has 0 saturated carbocycles. The summed E-state index contributed by atoms with van der Waals surface area (Å²) in [7, 11) is 1.62. The molecule has 34 heavy (non-hydrogen) atoms. The average Bonchev–Trinajstić information content (AvgIpc) is 2.80. The predicted molar refractivity (Wildman–Crippen MR) is 137 cm³/mol. The molecule has 1 aliphatic rings. The summed E-state index contributed by atoms with van der Waals surface area (Å²) in [6.45, 7) is 4.19. The number of halogens is 2. The van der Waals surface area contributed by atoms with Gasteiger partial charge in [0.15, 0.2) is 5.78 Å². The van der Waals surface area contributed by atoms with E-state index in [9.17, 15) is 9.59 Å². The summed E-state index contributed by atoms with van der Waals surface area (Å²) in [4.78, 5) is 25.8. The number of methoxy groups -OCH3 is 1. The van der Waals surface area contributed by atoms with Gasteiger partial charge in [-0.2, -0.15) is 0 Å². The quantitative estimate of drug-likeness (QED) is 0.318. The second-order valence-electron chi connectivity index (χ2n) is 8.79. The van der Waals surface area contributed by atoms with E-state index in [2.05, 4.69) is 24.5 Å². The zero-order valence-electron chi connectivity index (χ0n) is 19.0. The molecule has 7 heteroatoms. The molecule has 3 aromatic carbocycles. The molecule has 0 fully saturated rings. The Balaban J connectivity index is 1.60. The number of hydrogen-bond acceptors (Lipinski definition) is 4. The topological polar surface area (TPSA) is 67.4 Å². The Morgan fingerprint density at radius 3 is 2.53 bits per heavy atom. The highest BCUT2D eigenvalue weighted by molar-refractivity contribution is 6.42. The lowest BCUT2D eigenvalue weighted by molar-refractivity contribution is 0.102. The molecular formula is C27H24Cl2N2O3. The number of carbonyl (C=O) groups is 2. The molecule has 0 atom stereocenters. The lowest BCUT2D eigenvalue weighted by Crippen LogP contribution is -2.43. The van der Waals surface area contributed by atoms with Gasteiger partial charge in [0.1, 0.15) is 5.75 Å². The van der Waals surface area contributed by atoms with Crippen LogP contribution in [0, 0.1) is 0 Å². The highest BCUT2D eigenvalue weighted by Crippen LogP contribution is 2.32. The van der Waals surface area contributed by atoms with E-state index in [4.69, 9.17) is 27.9 Å². The van der Waals surface area contributed by atoms with Crippen LogP contribution in [0.4, 0.5) is 5.69 Å². The summed E-state index contributed by atoms with van der Waals surface area (Å²) < 4.78 is 5.38. The average molecular weight is 495 g/mol. The highest BCUT2D eigenvalue weighted by Gasteiger charge is 2.28. The number of ketones is 1. The summed E-state index contributed by atoms with van der Waals surface area (Å²) in [5.41, 5.74) is 3.94. The molecule has 0 aliphatic carbocycles. The van der Waals surface area contributed by atoms with Gasteiger partial charge in [0, 0.05) is 39.7 Å². The molecule has 174 valence electrons. The van der Waals surface area contributed by atoms with Crippen LogP contribution in [0.25, 0.3) is 5.70 Å². The predicted octanol–water partition coefficient (Wildman–Crippen LogP) is 6.40. The number of benzene rings is 3. The minimum absolute atomic E-state index is 0.181. The van der Waals surface area contributed by atoms with Crippen LogP contribution in [0.1, 0.15) is 45.7 Å². The van der Waals surface area contributed by atoms with Crippen molar-refractivity contribution < 1.29 is 14.3 Å². The number of fused-ring (bicyclic) bond motifs is 1. The van der Waals surface area contributed by atoms with Crippen LogP contribution >= 0.6 is 23.2 Å². The Hall–Kier alpha value is -3.28. The molecule has 0 spiro atoms. The summed E-state index contributed by atoms with van der Waals surface area (Å²) in [6, 6.07) is 17.4. The van der Waals surface area contributed by atoms with Crippen molar-refractivity contribution in [1.82, 2.24) is 5.32 Å². The van der Waals surface area contributed by atoms with Crippen LogP contribution in [-0.2, 0) is 6.42 Å². The number of carbonyl (C=O) groups excluding carboxylic acids is 2. The fourth-order valence-corrected chi connectivity index (χ4v) is 4.26. The first-order valence-corrected chi connectivity index (χ1v) is 11.5. The van der Waals surface area contributed by atoms with Gasteiger partial charge in [-0.25, -0.2) is 0 Å². The summed E-state index contributed by atoms with van der Waals surface area (Å²) in [5.74, 6) is 0.198. The molecule has 0 unspecified atom stereocenters. The number of rotatable bonds is 5. The van der Waals surface area contributed by atoms with Gasteiger partial charge in [0.25, 0.3) is 5.91 Å². The van der Waals surface area contributed by atoms with Crippen molar-refractivity contribution in [2.24, 2.45) is 0 Å². The molecule has 0 aromatic heterocycles. The number of hydrogen-bond donors (Lipinski definition) is 2. The third kappa shape index (κ3) is 5.27. The fourth-order valence-electron chi connectivity index (χ4n) is 3.96. The fraction of sp³-hybridized carbons (Fsp3) is 0.185. The summed E-state index contributed by atoms with van der Waals surface area (Å²) in [6.07, 6.45) is 2.42. The van der Waals surface area contributed by atoms with Gasteiger partial charge in [-0.1, -0.05) is 41.4 Å². The first kappa shape index (κ1) is 23.9. The Morgan fingerprint density at radius 2 is 1.79 bits per heavy atom. The van der Waals surface area contributed by atoms with Crippen LogP contribution in [0.5, 0.6) is 5.75 Å². The molecule has 4 rings (SSSR count). The van der Waals surface area contributed by atoms with E-state index >= 15 is 0 Å². The van der Waals surface area contributed by atoms with Crippen molar-refractivity contribution in [1.29, 1.82) is 0 Å². The first-order chi connectivity index (χ1) is 16.1. The molecule has 2 N–H and O–H groups in total. The number of nitrogens with one attached hydrogen (secondary N) is 2. The zero-order chi connectivity index (χ0) is 24.5. The van der Waals surface area contributed by atoms with Crippen molar-refractivity contribution >= 4 is 46.3 Å². The minimum Gasteiger partial charge on any atom is -0.497 e. The van der Waals surface area contributed by atoms with Crippen molar-refractivity contribution in [3.05, 3.63) is 99.0 Å². The molecule has 0 radical (unpaired) electrons. The van der Waals surface area contributed by atoms with Gasteiger partial charge < -0.3 is 15.4 Å². The highest BCUT2D eigenvalue weighted by atomic mass is 35.5. The molecule has 0 bridgehead atoms. The maximum Gasteiger partial charge on any atom is 0.255 e. The Labute approximate surface area is 208 Å². The van der Waals surface area contributed by atoms with Gasteiger partial charge in [-0.15, -0.1) is 0 Å². The van der Waals surface area contributed by atoms with Crippen molar-refractivity contribution in [2.45, 2.75) is 25.8 Å². The van der Waals surface area contributed by atoms with Crippen molar-refractivity contribution in [3.63, 3.8) is 0 Å². The largest absolute Gasteiger partial charge is 0.497 e. The van der Waals surface area contributed by atoms with E-state index < -0.39 is 0 Å². The Morgan fingerprint density at radius 1 is 1.00 bits per heavy atom. The smallest absolute Gasteiger partial charge is 0.255 e. The molecule has 1 aliphatic heterocycles. The van der Waals surface area contributed by atoms with Gasteiger partial charge in [0.05, 0.1) is 17.2 Å². The third-order valence-electron chi connectivity index (χ3n) is 5.57. The third-order valence-corrected chi connectivity index (χ3v) is 6.31. The van der Waals surface area contributed by atoms with E-state index in [-0.39, 0.29) is 17.2 Å². The van der Waals surface area contributed by atoms with E-state index in [0.29, 0.717) is 26.9 Å². The monoisotopic (exact) mass is 494 g/mol. The lowest BCUT2D eigenvalue weighted by atomic mass is 9.85.